The average Bonchev–Trinajstić information content (AvgIpc) is 2.37. The van der Waals surface area contributed by atoms with Crippen molar-refractivity contribution < 1.29 is 5.11 Å². The zero-order chi connectivity index (χ0) is 13.0. The predicted octanol–water partition coefficient (Wildman–Crippen LogP) is 4.85. The van der Waals surface area contributed by atoms with E-state index in [2.05, 4.69) is 93.7 Å². The van der Waals surface area contributed by atoms with E-state index in [1.807, 2.05) is 0 Å². The molecule has 0 aliphatic rings. The summed E-state index contributed by atoms with van der Waals surface area (Å²) in [7, 11) is 0. The van der Waals surface area contributed by atoms with Gasteiger partial charge < -0.3 is 0 Å². The fourth-order valence-electron chi connectivity index (χ4n) is 2.06. The summed E-state index contributed by atoms with van der Waals surface area (Å²) in [5.74, 6) is 0.217. The van der Waals surface area contributed by atoms with Crippen LogP contribution in [0.2, 0.25) is 0 Å². The molecule has 2 aromatic rings. The highest BCUT2D eigenvalue weighted by Gasteiger charge is 2.14. The molecule has 0 spiro atoms. The lowest BCUT2D eigenvalue weighted by atomic mass is 9.89. The van der Waals surface area contributed by atoms with Crippen molar-refractivity contribution >= 4 is 45.2 Å². The molecule has 1 atom stereocenters. The molecule has 0 aliphatic carbocycles. The molecule has 3 heteroatoms. The van der Waals surface area contributed by atoms with Crippen molar-refractivity contribution in [1.82, 2.24) is 0 Å². The highest BCUT2D eigenvalue weighted by Crippen LogP contribution is 2.29. The SMILES string of the molecule is [O]CCC(c1ccc(I)cc1)c1cccc(I)c1. The number of hydrogen-bond acceptors (Lipinski definition) is 0. The first-order valence-corrected chi connectivity index (χ1v) is 7.95. The van der Waals surface area contributed by atoms with Crippen LogP contribution in [0, 0.1) is 7.14 Å². The Bertz CT molecular complexity index is 508. The topological polar surface area (TPSA) is 19.9 Å². The zero-order valence-corrected chi connectivity index (χ0v) is 14.1. The quantitative estimate of drug-likeness (QED) is 0.579. The molecule has 0 amide bonds. The molecule has 2 rings (SSSR count). The van der Waals surface area contributed by atoms with Crippen molar-refractivity contribution in [2.75, 3.05) is 6.61 Å². The van der Waals surface area contributed by atoms with Crippen LogP contribution < -0.4 is 0 Å². The summed E-state index contributed by atoms with van der Waals surface area (Å²) in [6.07, 6.45) is 0.653. The van der Waals surface area contributed by atoms with Gasteiger partial charge in [-0.1, -0.05) is 24.3 Å². The molecule has 0 bridgehead atoms. The lowest BCUT2D eigenvalue weighted by Gasteiger charge is -2.17. The highest BCUT2D eigenvalue weighted by atomic mass is 127. The fourth-order valence-corrected chi connectivity index (χ4v) is 2.99. The monoisotopic (exact) mass is 463 g/mol. The molecule has 0 saturated heterocycles. The van der Waals surface area contributed by atoms with E-state index in [1.165, 1.54) is 18.3 Å². The van der Waals surface area contributed by atoms with Gasteiger partial charge in [-0.2, -0.15) is 0 Å². The Morgan fingerprint density at radius 2 is 1.61 bits per heavy atom. The van der Waals surface area contributed by atoms with E-state index in [9.17, 15) is 5.11 Å². The normalized spacial score (nSPS) is 12.4. The van der Waals surface area contributed by atoms with Gasteiger partial charge in [-0.15, -0.1) is 0 Å². The molecule has 1 nitrogen and oxygen atoms in total. The first-order chi connectivity index (χ1) is 8.70. The molecule has 0 aromatic heterocycles. The number of hydrogen-bond donors (Lipinski definition) is 0. The van der Waals surface area contributed by atoms with E-state index in [0.717, 1.165) is 0 Å². The fraction of sp³-hybridized carbons (Fsp3) is 0.200. The first-order valence-electron chi connectivity index (χ1n) is 5.79. The van der Waals surface area contributed by atoms with Gasteiger partial charge in [-0.05, 0) is 87.0 Å². The lowest BCUT2D eigenvalue weighted by molar-refractivity contribution is 0.185. The molecular weight excluding hydrogens is 450 g/mol. The lowest BCUT2D eigenvalue weighted by Crippen LogP contribution is -2.03. The van der Waals surface area contributed by atoms with Crippen molar-refractivity contribution in [3.8, 4) is 0 Å². The smallest absolute Gasteiger partial charge is 0.0831 e. The maximum atomic E-state index is 11.0. The van der Waals surface area contributed by atoms with Gasteiger partial charge in [0, 0.05) is 13.1 Å². The predicted molar refractivity (Wildman–Crippen MR) is 90.3 cm³/mol. The third-order valence-electron chi connectivity index (χ3n) is 2.93. The second kappa shape index (κ2) is 6.86. The van der Waals surface area contributed by atoms with Gasteiger partial charge in [0.2, 0.25) is 0 Å². The Balaban J connectivity index is 2.36. The number of rotatable bonds is 4. The molecule has 18 heavy (non-hydrogen) atoms. The third-order valence-corrected chi connectivity index (χ3v) is 4.32. The molecule has 0 N–H and O–H groups in total. The molecule has 2 aromatic carbocycles. The van der Waals surface area contributed by atoms with E-state index >= 15 is 0 Å². The number of halogens is 2. The van der Waals surface area contributed by atoms with Crippen molar-refractivity contribution in [2.45, 2.75) is 12.3 Å². The summed E-state index contributed by atoms with van der Waals surface area (Å²) in [5, 5.41) is 11.0. The summed E-state index contributed by atoms with van der Waals surface area (Å²) in [4.78, 5) is 0. The van der Waals surface area contributed by atoms with E-state index in [0.29, 0.717) is 6.42 Å². The average molecular weight is 463 g/mol. The van der Waals surface area contributed by atoms with Gasteiger partial charge in [0.1, 0.15) is 0 Å². The molecule has 1 radical (unpaired) electrons. The van der Waals surface area contributed by atoms with Gasteiger partial charge in [0.15, 0.2) is 0 Å². The summed E-state index contributed by atoms with van der Waals surface area (Å²) in [5.41, 5.74) is 2.47. The standard InChI is InChI=1S/C15H13I2O/c16-13-6-4-11(5-7-13)15(8-9-18)12-2-1-3-14(17)10-12/h1-7,10,15H,8-9H2. The van der Waals surface area contributed by atoms with Gasteiger partial charge in [0.25, 0.3) is 0 Å². The van der Waals surface area contributed by atoms with Crippen LogP contribution in [0.15, 0.2) is 48.5 Å². The van der Waals surface area contributed by atoms with Crippen LogP contribution in [0.4, 0.5) is 0 Å². The van der Waals surface area contributed by atoms with Crippen LogP contribution in [0.1, 0.15) is 23.5 Å². The molecule has 0 fully saturated rings. The highest BCUT2D eigenvalue weighted by molar-refractivity contribution is 14.1. The summed E-state index contributed by atoms with van der Waals surface area (Å²) < 4.78 is 2.44. The second-order valence-corrected chi connectivity index (χ2v) is 6.64. The molecule has 93 valence electrons. The van der Waals surface area contributed by atoms with Crippen LogP contribution in [-0.4, -0.2) is 6.61 Å². The summed E-state index contributed by atoms with van der Waals surface area (Å²) >= 11 is 4.61. The van der Waals surface area contributed by atoms with E-state index in [1.54, 1.807) is 0 Å². The van der Waals surface area contributed by atoms with Crippen molar-refractivity contribution in [3.05, 3.63) is 66.8 Å². The zero-order valence-electron chi connectivity index (χ0n) is 9.77. The van der Waals surface area contributed by atoms with Crippen LogP contribution >= 0.6 is 45.2 Å². The van der Waals surface area contributed by atoms with E-state index in [-0.39, 0.29) is 12.5 Å². The van der Waals surface area contributed by atoms with E-state index in [4.69, 9.17) is 0 Å². The van der Waals surface area contributed by atoms with Crippen LogP contribution in [0.3, 0.4) is 0 Å². The minimum Gasteiger partial charge on any atom is -0.237 e. The summed E-state index contributed by atoms with van der Waals surface area (Å²) in [6, 6.07) is 16.9. The van der Waals surface area contributed by atoms with Crippen molar-refractivity contribution in [2.24, 2.45) is 0 Å². The van der Waals surface area contributed by atoms with Crippen molar-refractivity contribution in [1.29, 1.82) is 0 Å². The van der Waals surface area contributed by atoms with Gasteiger partial charge in [-0.25, -0.2) is 5.11 Å². The minimum absolute atomic E-state index is 0.0396. The number of benzene rings is 2. The Kier molecular flexibility index (Phi) is 5.44. The minimum atomic E-state index is -0.0396. The molecule has 0 aliphatic heterocycles. The van der Waals surface area contributed by atoms with Crippen LogP contribution in [-0.2, 0) is 5.11 Å². The van der Waals surface area contributed by atoms with Crippen LogP contribution in [0.5, 0.6) is 0 Å². The Hall–Kier alpha value is -0.140. The van der Waals surface area contributed by atoms with Gasteiger partial charge >= 0.3 is 0 Å². The van der Waals surface area contributed by atoms with Gasteiger partial charge in [0.05, 0.1) is 6.61 Å². The molecule has 1 unspecified atom stereocenters. The molecule has 0 heterocycles. The van der Waals surface area contributed by atoms with Crippen LogP contribution in [0.25, 0.3) is 0 Å². The molecule has 0 saturated carbocycles. The summed E-state index contributed by atoms with van der Waals surface area (Å²) in [6.45, 7) is -0.0396. The first kappa shape index (κ1) is 14.3. The van der Waals surface area contributed by atoms with Crippen molar-refractivity contribution in [3.63, 3.8) is 0 Å². The maximum absolute atomic E-state index is 11.0. The Labute approximate surface area is 135 Å². The largest absolute Gasteiger partial charge is 0.237 e. The Morgan fingerprint density at radius 1 is 0.889 bits per heavy atom. The third kappa shape index (κ3) is 3.68. The second-order valence-electron chi connectivity index (χ2n) is 4.15. The Morgan fingerprint density at radius 3 is 2.22 bits per heavy atom. The molecular formula is C15H13I2O. The maximum Gasteiger partial charge on any atom is 0.0831 e. The van der Waals surface area contributed by atoms with E-state index < -0.39 is 0 Å². The van der Waals surface area contributed by atoms with Gasteiger partial charge in [-0.3, -0.25) is 0 Å².